The van der Waals surface area contributed by atoms with Crippen LogP contribution in [-0.4, -0.2) is 18.0 Å². The molecule has 0 radical (unpaired) electrons. The first-order valence-electron chi connectivity index (χ1n) is 5.94. The van der Waals surface area contributed by atoms with Crippen LogP contribution in [0.1, 0.15) is 16.1 Å². The van der Waals surface area contributed by atoms with Gasteiger partial charge in [0.05, 0.1) is 17.3 Å². The fraction of sp³-hybridized carbons (Fsp3) is 0.143. The van der Waals surface area contributed by atoms with E-state index in [0.29, 0.717) is 29.2 Å². The average Bonchev–Trinajstić information content (AvgIpc) is 2.47. The van der Waals surface area contributed by atoms with Crippen molar-refractivity contribution >= 4 is 27.5 Å². The van der Waals surface area contributed by atoms with Crippen molar-refractivity contribution in [3.05, 3.63) is 52.3 Å². The molecule has 0 saturated carbocycles. The van der Waals surface area contributed by atoms with Gasteiger partial charge in [0.2, 0.25) is 0 Å². The standard InChI is InChI=1S/C14H14BrN3O2/c1-20-13-3-2-10(7-12(13)15)18-14(19)9-4-5-17-11(6-9)8-16/h2-7H,8,16H2,1H3,(H,18,19). The zero-order chi connectivity index (χ0) is 14.5. The molecule has 0 spiro atoms. The molecule has 0 atom stereocenters. The van der Waals surface area contributed by atoms with Gasteiger partial charge in [-0.25, -0.2) is 0 Å². The molecule has 1 aromatic carbocycles. The van der Waals surface area contributed by atoms with Gasteiger partial charge in [0.1, 0.15) is 5.75 Å². The monoisotopic (exact) mass is 335 g/mol. The van der Waals surface area contributed by atoms with Gasteiger partial charge in [0.25, 0.3) is 5.91 Å². The van der Waals surface area contributed by atoms with Crippen LogP contribution in [0.5, 0.6) is 5.75 Å². The zero-order valence-corrected chi connectivity index (χ0v) is 12.5. The molecule has 0 bridgehead atoms. The summed E-state index contributed by atoms with van der Waals surface area (Å²) in [4.78, 5) is 16.2. The lowest BCUT2D eigenvalue weighted by Crippen LogP contribution is -2.13. The van der Waals surface area contributed by atoms with Gasteiger partial charge >= 0.3 is 0 Å². The maximum Gasteiger partial charge on any atom is 0.255 e. The Morgan fingerprint density at radius 3 is 2.85 bits per heavy atom. The van der Waals surface area contributed by atoms with E-state index in [1.54, 1.807) is 43.6 Å². The number of aromatic nitrogens is 1. The molecule has 2 rings (SSSR count). The number of nitrogens with two attached hydrogens (primary N) is 1. The van der Waals surface area contributed by atoms with E-state index in [1.807, 2.05) is 0 Å². The molecule has 0 aliphatic carbocycles. The smallest absolute Gasteiger partial charge is 0.255 e. The van der Waals surface area contributed by atoms with Gasteiger partial charge in [-0.2, -0.15) is 0 Å². The Bertz CT molecular complexity index is 632. The van der Waals surface area contributed by atoms with Gasteiger partial charge < -0.3 is 15.8 Å². The van der Waals surface area contributed by atoms with Crippen LogP contribution in [0.15, 0.2) is 41.0 Å². The van der Waals surface area contributed by atoms with Crippen LogP contribution in [0.3, 0.4) is 0 Å². The second-order valence-electron chi connectivity index (χ2n) is 4.04. The van der Waals surface area contributed by atoms with Crippen molar-refractivity contribution in [2.24, 2.45) is 5.73 Å². The van der Waals surface area contributed by atoms with Gasteiger partial charge in [-0.15, -0.1) is 0 Å². The number of rotatable bonds is 4. The molecule has 104 valence electrons. The van der Waals surface area contributed by atoms with E-state index in [0.717, 1.165) is 4.47 Å². The molecule has 1 heterocycles. The second kappa shape index (κ2) is 6.49. The first-order chi connectivity index (χ1) is 9.63. The highest BCUT2D eigenvalue weighted by atomic mass is 79.9. The molecule has 1 aromatic heterocycles. The van der Waals surface area contributed by atoms with Crippen molar-refractivity contribution in [2.75, 3.05) is 12.4 Å². The van der Waals surface area contributed by atoms with E-state index in [9.17, 15) is 4.79 Å². The predicted octanol–water partition coefficient (Wildman–Crippen LogP) is 2.56. The first-order valence-corrected chi connectivity index (χ1v) is 6.73. The van der Waals surface area contributed by atoms with Crippen LogP contribution < -0.4 is 15.8 Å². The Morgan fingerprint density at radius 2 is 2.20 bits per heavy atom. The molecule has 2 aromatic rings. The molecular weight excluding hydrogens is 322 g/mol. The lowest BCUT2D eigenvalue weighted by molar-refractivity contribution is 0.102. The minimum absolute atomic E-state index is 0.209. The molecule has 0 aliphatic rings. The molecule has 0 aliphatic heterocycles. The number of methoxy groups -OCH3 is 1. The van der Waals surface area contributed by atoms with E-state index in [1.165, 1.54) is 0 Å². The minimum Gasteiger partial charge on any atom is -0.496 e. The number of nitrogens with zero attached hydrogens (tertiary/aromatic N) is 1. The van der Waals surface area contributed by atoms with Crippen LogP contribution >= 0.6 is 15.9 Å². The molecule has 20 heavy (non-hydrogen) atoms. The number of amides is 1. The minimum atomic E-state index is -0.209. The Morgan fingerprint density at radius 1 is 1.40 bits per heavy atom. The third-order valence-corrected chi connectivity index (χ3v) is 3.32. The quantitative estimate of drug-likeness (QED) is 0.900. The van der Waals surface area contributed by atoms with Crippen molar-refractivity contribution in [1.82, 2.24) is 4.98 Å². The van der Waals surface area contributed by atoms with E-state index >= 15 is 0 Å². The topological polar surface area (TPSA) is 77.2 Å². The number of pyridine rings is 1. The number of carbonyl (C=O) groups is 1. The highest BCUT2D eigenvalue weighted by molar-refractivity contribution is 9.10. The Kier molecular flexibility index (Phi) is 4.70. The van der Waals surface area contributed by atoms with Gasteiger partial charge in [-0.05, 0) is 46.3 Å². The summed E-state index contributed by atoms with van der Waals surface area (Å²) < 4.78 is 5.91. The fourth-order valence-corrected chi connectivity index (χ4v) is 2.22. The van der Waals surface area contributed by atoms with Crippen molar-refractivity contribution in [3.63, 3.8) is 0 Å². The number of hydrogen-bond donors (Lipinski definition) is 2. The largest absolute Gasteiger partial charge is 0.496 e. The SMILES string of the molecule is COc1ccc(NC(=O)c2ccnc(CN)c2)cc1Br. The normalized spacial score (nSPS) is 10.2. The maximum atomic E-state index is 12.1. The van der Waals surface area contributed by atoms with Gasteiger partial charge in [-0.3, -0.25) is 9.78 Å². The van der Waals surface area contributed by atoms with Gasteiger partial charge in [-0.1, -0.05) is 0 Å². The van der Waals surface area contributed by atoms with Crippen molar-refractivity contribution in [1.29, 1.82) is 0 Å². The van der Waals surface area contributed by atoms with E-state index < -0.39 is 0 Å². The lowest BCUT2D eigenvalue weighted by atomic mass is 10.2. The second-order valence-corrected chi connectivity index (χ2v) is 4.90. The number of carbonyl (C=O) groups excluding carboxylic acids is 1. The summed E-state index contributed by atoms with van der Waals surface area (Å²) in [5.74, 6) is 0.497. The zero-order valence-electron chi connectivity index (χ0n) is 10.9. The fourth-order valence-electron chi connectivity index (χ4n) is 1.68. The summed E-state index contributed by atoms with van der Waals surface area (Å²) in [5, 5.41) is 2.81. The lowest BCUT2D eigenvalue weighted by Gasteiger charge is -2.08. The summed E-state index contributed by atoms with van der Waals surface area (Å²) in [6.07, 6.45) is 1.57. The summed E-state index contributed by atoms with van der Waals surface area (Å²) in [7, 11) is 1.59. The van der Waals surface area contributed by atoms with Crippen molar-refractivity contribution in [2.45, 2.75) is 6.54 Å². The number of halogens is 1. The molecule has 1 amide bonds. The average molecular weight is 336 g/mol. The van der Waals surface area contributed by atoms with E-state index in [-0.39, 0.29) is 5.91 Å². The number of benzene rings is 1. The number of nitrogens with one attached hydrogen (secondary N) is 1. The summed E-state index contributed by atoms with van der Waals surface area (Å²) in [5.41, 5.74) is 7.38. The van der Waals surface area contributed by atoms with Gasteiger partial charge in [0.15, 0.2) is 0 Å². The molecule has 0 saturated heterocycles. The van der Waals surface area contributed by atoms with Crippen LogP contribution in [0, 0.1) is 0 Å². The van der Waals surface area contributed by atoms with Crippen LogP contribution in [0.25, 0.3) is 0 Å². The highest BCUT2D eigenvalue weighted by Crippen LogP contribution is 2.27. The molecule has 0 unspecified atom stereocenters. The molecular formula is C14H14BrN3O2. The summed E-state index contributed by atoms with van der Waals surface area (Å²) in [6, 6.07) is 8.65. The van der Waals surface area contributed by atoms with Crippen molar-refractivity contribution < 1.29 is 9.53 Å². The third kappa shape index (κ3) is 3.34. The van der Waals surface area contributed by atoms with Crippen LogP contribution in [0.4, 0.5) is 5.69 Å². The Labute approximate surface area is 125 Å². The van der Waals surface area contributed by atoms with Crippen LogP contribution in [0.2, 0.25) is 0 Å². The maximum absolute atomic E-state index is 12.1. The summed E-state index contributed by atoms with van der Waals surface area (Å²) >= 11 is 3.37. The molecule has 5 nitrogen and oxygen atoms in total. The molecule has 6 heteroatoms. The number of hydrogen-bond acceptors (Lipinski definition) is 4. The third-order valence-electron chi connectivity index (χ3n) is 2.70. The van der Waals surface area contributed by atoms with Gasteiger partial charge in [0, 0.05) is 24.0 Å². The number of ether oxygens (including phenoxy) is 1. The number of anilines is 1. The summed E-state index contributed by atoms with van der Waals surface area (Å²) in [6.45, 7) is 0.301. The van der Waals surface area contributed by atoms with E-state index in [2.05, 4.69) is 26.2 Å². The molecule has 3 N–H and O–H groups in total. The highest BCUT2D eigenvalue weighted by Gasteiger charge is 2.08. The van der Waals surface area contributed by atoms with E-state index in [4.69, 9.17) is 10.5 Å². The van der Waals surface area contributed by atoms with Crippen LogP contribution in [-0.2, 0) is 6.54 Å². The Balaban J connectivity index is 2.16. The first kappa shape index (κ1) is 14.5. The Hall–Kier alpha value is -1.92. The molecule has 0 fully saturated rings. The van der Waals surface area contributed by atoms with Crippen molar-refractivity contribution in [3.8, 4) is 5.75 Å². The predicted molar refractivity (Wildman–Crippen MR) is 80.8 cm³/mol.